The average Bonchev–Trinajstić information content (AvgIpc) is 2.46. The van der Waals surface area contributed by atoms with Crippen LogP contribution in [0, 0.1) is 0 Å². The molecule has 0 radical (unpaired) electrons. The lowest BCUT2D eigenvalue weighted by Crippen LogP contribution is -2.33. The molecular weight excluding hydrogens is 240 g/mol. The lowest BCUT2D eigenvalue weighted by Gasteiger charge is -2.22. The van der Waals surface area contributed by atoms with Crippen LogP contribution in [0.2, 0.25) is 0 Å². The smallest absolute Gasteiger partial charge is 0.0705 e. The fraction of sp³-hybridized carbons (Fsp3) is 0.400. The third kappa shape index (κ3) is 2.85. The first-order chi connectivity index (χ1) is 8.92. The van der Waals surface area contributed by atoms with E-state index in [0.29, 0.717) is 6.04 Å². The summed E-state index contributed by atoms with van der Waals surface area (Å²) >= 11 is 2.06. The minimum absolute atomic E-state index is 0.664. The first kappa shape index (κ1) is 12.0. The van der Waals surface area contributed by atoms with Gasteiger partial charge in [0.2, 0.25) is 0 Å². The zero-order chi connectivity index (χ0) is 12.2. The van der Waals surface area contributed by atoms with Crippen LogP contribution in [0.5, 0.6) is 0 Å². The number of aromatic nitrogens is 1. The Hall–Kier alpha value is -1.06. The molecule has 1 aliphatic heterocycles. The maximum atomic E-state index is 4.69. The van der Waals surface area contributed by atoms with Gasteiger partial charge in [-0.3, -0.25) is 4.98 Å². The molecule has 1 unspecified atom stereocenters. The molecule has 3 heteroatoms. The normalized spacial score (nSPS) is 20.1. The molecule has 0 amide bonds. The Balaban J connectivity index is 1.66. The van der Waals surface area contributed by atoms with Crippen molar-refractivity contribution in [1.82, 2.24) is 10.3 Å². The van der Waals surface area contributed by atoms with Crippen LogP contribution in [0.3, 0.4) is 0 Å². The van der Waals surface area contributed by atoms with Crippen molar-refractivity contribution in [3.05, 3.63) is 42.1 Å². The maximum Gasteiger partial charge on any atom is 0.0705 e. The van der Waals surface area contributed by atoms with Gasteiger partial charge >= 0.3 is 0 Å². The molecule has 1 fully saturated rings. The Labute approximate surface area is 112 Å². The van der Waals surface area contributed by atoms with Crippen LogP contribution in [0.25, 0.3) is 10.9 Å². The molecule has 2 nitrogen and oxygen atoms in total. The first-order valence-electron chi connectivity index (χ1n) is 6.57. The van der Waals surface area contributed by atoms with E-state index in [1.807, 2.05) is 6.07 Å². The summed E-state index contributed by atoms with van der Waals surface area (Å²) in [7, 11) is 0. The number of thioether (sulfide) groups is 1. The van der Waals surface area contributed by atoms with E-state index in [-0.39, 0.29) is 0 Å². The molecule has 18 heavy (non-hydrogen) atoms. The van der Waals surface area contributed by atoms with E-state index in [4.69, 9.17) is 4.98 Å². The number of hydrogen-bond acceptors (Lipinski definition) is 3. The number of fused-ring (bicyclic) bond motifs is 1. The number of hydrogen-bond donors (Lipinski definition) is 1. The van der Waals surface area contributed by atoms with E-state index < -0.39 is 0 Å². The van der Waals surface area contributed by atoms with Gasteiger partial charge in [0.15, 0.2) is 0 Å². The molecule has 1 saturated heterocycles. The number of nitrogens with one attached hydrogen (secondary N) is 1. The van der Waals surface area contributed by atoms with Crippen molar-refractivity contribution in [3.8, 4) is 0 Å². The first-order valence-corrected chi connectivity index (χ1v) is 7.73. The molecule has 2 aromatic rings. The van der Waals surface area contributed by atoms with E-state index in [1.165, 1.54) is 29.7 Å². The van der Waals surface area contributed by atoms with Crippen molar-refractivity contribution in [1.29, 1.82) is 0 Å². The second kappa shape index (κ2) is 5.72. The van der Waals surface area contributed by atoms with Gasteiger partial charge in [0, 0.05) is 23.7 Å². The van der Waals surface area contributed by atoms with Gasteiger partial charge in [0.25, 0.3) is 0 Å². The standard InChI is InChI=1S/C15H18N2S/c1-2-6-15-12(4-1)7-8-13(17-15)10-16-14-5-3-9-18-11-14/h1-2,4,6-8,14,16H,3,5,9-11H2. The molecule has 94 valence electrons. The second-order valence-corrected chi connectivity index (χ2v) is 5.94. The van der Waals surface area contributed by atoms with Gasteiger partial charge in [-0.2, -0.15) is 11.8 Å². The Morgan fingerprint density at radius 1 is 1.22 bits per heavy atom. The zero-order valence-corrected chi connectivity index (χ0v) is 11.2. The lowest BCUT2D eigenvalue weighted by molar-refractivity contribution is 0.504. The van der Waals surface area contributed by atoms with Crippen molar-refractivity contribution < 1.29 is 0 Å². The third-order valence-electron chi connectivity index (χ3n) is 3.39. The molecule has 0 spiro atoms. The minimum atomic E-state index is 0.664. The molecule has 0 aliphatic carbocycles. The second-order valence-electron chi connectivity index (χ2n) is 4.79. The molecular formula is C15H18N2S. The average molecular weight is 258 g/mol. The summed E-state index contributed by atoms with van der Waals surface area (Å²) in [6.07, 6.45) is 2.65. The van der Waals surface area contributed by atoms with Gasteiger partial charge < -0.3 is 5.32 Å². The Kier molecular flexibility index (Phi) is 3.81. The fourth-order valence-electron chi connectivity index (χ4n) is 2.36. The highest BCUT2D eigenvalue weighted by Gasteiger charge is 2.12. The lowest BCUT2D eigenvalue weighted by atomic mass is 10.1. The van der Waals surface area contributed by atoms with Crippen LogP contribution in [-0.2, 0) is 6.54 Å². The predicted octanol–water partition coefficient (Wildman–Crippen LogP) is 3.22. The van der Waals surface area contributed by atoms with Crippen LogP contribution < -0.4 is 5.32 Å². The van der Waals surface area contributed by atoms with Gasteiger partial charge in [0.1, 0.15) is 0 Å². The number of rotatable bonds is 3. The van der Waals surface area contributed by atoms with E-state index in [0.717, 1.165) is 17.8 Å². The quantitative estimate of drug-likeness (QED) is 0.915. The van der Waals surface area contributed by atoms with Crippen molar-refractivity contribution in [2.24, 2.45) is 0 Å². The highest BCUT2D eigenvalue weighted by atomic mass is 32.2. The SMILES string of the molecule is c1ccc2nc(CNC3CCCSC3)ccc2c1. The van der Waals surface area contributed by atoms with Crippen LogP contribution in [0.1, 0.15) is 18.5 Å². The van der Waals surface area contributed by atoms with E-state index in [9.17, 15) is 0 Å². The zero-order valence-electron chi connectivity index (χ0n) is 10.4. The van der Waals surface area contributed by atoms with Gasteiger partial charge in [-0.25, -0.2) is 0 Å². The van der Waals surface area contributed by atoms with Gasteiger partial charge in [-0.05, 0) is 30.7 Å². The van der Waals surface area contributed by atoms with Crippen molar-refractivity contribution in [2.75, 3.05) is 11.5 Å². The number of nitrogens with zero attached hydrogens (tertiary/aromatic N) is 1. The van der Waals surface area contributed by atoms with Crippen molar-refractivity contribution in [3.63, 3.8) is 0 Å². The van der Waals surface area contributed by atoms with E-state index in [2.05, 4.69) is 47.4 Å². The molecule has 1 aromatic carbocycles. The number of para-hydroxylation sites is 1. The van der Waals surface area contributed by atoms with Gasteiger partial charge in [-0.15, -0.1) is 0 Å². The molecule has 1 aliphatic rings. The molecule has 1 atom stereocenters. The van der Waals surface area contributed by atoms with Gasteiger partial charge in [-0.1, -0.05) is 24.3 Å². The third-order valence-corrected chi connectivity index (χ3v) is 4.60. The topological polar surface area (TPSA) is 24.9 Å². The molecule has 2 heterocycles. The fourth-order valence-corrected chi connectivity index (χ4v) is 3.46. The molecule has 1 N–H and O–H groups in total. The highest BCUT2D eigenvalue weighted by Crippen LogP contribution is 2.17. The summed E-state index contributed by atoms with van der Waals surface area (Å²) in [6.45, 7) is 0.885. The van der Waals surface area contributed by atoms with Crippen LogP contribution in [0.15, 0.2) is 36.4 Å². The Bertz CT molecular complexity index is 521. The highest BCUT2D eigenvalue weighted by molar-refractivity contribution is 7.99. The van der Waals surface area contributed by atoms with Crippen molar-refractivity contribution >= 4 is 22.7 Å². The minimum Gasteiger partial charge on any atom is -0.308 e. The summed E-state index contributed by atoms with van der Waals surface area (Å²) in [5, 5.41) is 4.84. The van der Waals surface area contributed by atoms with Crippen molar-refractivity contribution in [2.45, 2.75) is 25.4 Å². The summed E-state index contributed by atoms with van der Waals surface area (Å²) in [4.78, 5) is 4.69. The van der Waals surface area contributed by atoms with Gasteiger partial charge in [0.05, 0.1) is 11.2 Å². The summed E-state index contributed by atoms with van der Waals surface area (Å²) in [5.74, 6) is 2.57. The molecule has 3 rings (SSSR count). The Morgan fingerprint density at radius 2 is 2.17 bits per heavy atom. The number of pyridine rings is 1. The largest absolute Gasteiger partial charge is 0.308 e. The molecule has 0 saturated carbocycles. The summed E-state index contributed by atoms with van der Waals surface area (Å²) in [6, 6.07) is 13.2. The summed E-state index contributed by atoms with van der Waals surface area (Å²) < 4.78 is 0. The van der Waals surface area contributed by atoms with E-state index in [1.54, 1.807) is 0 Å². The predicted molar refractivity (Wildman–Crippen MR) is 78.9 cm³/mol. The monoisotopic (exact) mass is 258 g/mol. The van der Waals surface area contributed by atoms with Crippen LogP contribution in [0.4, 0.5) is 0 Å². The maximum absolute atomic E-state index is 4.69. The van der Waals surface area contributed by atoms with Crippen LogP contribution >= 0.6 is 11.8 Å². The van der Waals surface area contributed by atoms with E-state index >= 15 is 0 Å². The summed E-state index contributed by atoms with van der Waals surface area (Å²) in [5.41, 5.74) is 2.24. The molecule has 1 aromatic heterocycles. The molecule has 0 bridgehead atoms. The number of benzene rings is 1. The Morgan fingerprint density at radius 3 is 3.06 bits per heavy atom. The van der Waals surface area contributed by atoms with Crippen LogP contribution in [-0.4, -0.2) is 22.5 Å².